The Kier molecular flexibility index (Phi) is 10.2. The number of thioether (sulfide) groups is 1. The second-order valence-corrected chi connectivity index (χ2v) is 14.7. The number of β-lactam (4-membered cyclic amide) rings is 1. The predicted octanol–water partition coefficient (Wildman–Crippen LogP) is 6.46. The molecule has 3 N–H and O–H groups in total. The van der Waals surface area contributed by atoms with Gasteiger partial charge in [-0.2, -0.15) is 0 Å². The lowest BCUT2D eigenvalue weighted by atomic mass is 9.77. The lowest BCUT2D eigenvalue weighted by molar-refractivity contribution is -0.150. The minimum Gasteiger partial charge on any atom is -0.477 e. The first-order chi connectivity index (χ1) is 25.3. The average Bonchev–Trinajstić information content (AvgIpc) is 3.82. The second kappa shape index (κ2) is 15.1. The van der Waals surface area contributed by atoms with Gasteiger partial charge < -0.3 is 20.6 Å². The zero-order valence-corrected chi connectivity index (χ0v) is 30.5. The molecule has 5 aromatic rings. The SMILES string of the molecule is CO/N=C(/C(=O)NC1C(=O)N2C(C(=O)O)=C(/C=C/c3scnc3Cl)CS[C@H]12)c1csc(NC(c2ccccc2)(c2ccccc2)c2ccccc2)n1. The molecule has 15 heteroatoms. The number of hydrogen-bond donors (Lipinski definition) is 3. The molecule has 2 amide bonds. The van der Waals surface area contributed by atoms with Crippen molar-refractivity contribution in [3.8, 4) is 0 Å². The van der Waals surface area contributed by atoms with Gasteiger partial charge in [-0.15, -0.1) is 34.4 Å². The van der Waals surface area contributed by atoms with Crippen LogP contribution in [-0.4, -0.2) is 67.7 Å². The Bertz CT molecular complexity index is 2110. The number of carboxylic acids is 1. The predicted molar refractivity (Wildman–Crippen MR) is 204 cm³/mol. The Morgan fingerprint density at radius 1 is 0.981 bits per heavy atom. The summed E-state index contributed by atoms with van der Waals surface area (Å²) in [5.74, 6) is -2.20. The van der Waals surface area contributed by atoms with Crippen molar-refractivity contribution in [2.75, 3.05) is 18.2 Å². The van der Waals surface area contributed by atoms with E-state index in [4.69, 9.17) is 21.4 Å². The van der Waals surface area contributed by atoms with Crippen LogP contribution < -0.4 is 10.6 Å². The molecule has 3 aromatic carbocycles. The number of fused-ring (bicyclic) bond motifs is 1. The molecule has 11 nitrogen and oxygen atoms in total. The molecular weight excluding hydrogens is 740 g/mol. The summed E-state index contributed by atoms with van der Waals surface area (Å²) in [5.41, 5.74) is 4.07. The smallest absolute Gasteiger partial charge is 0.352 e. The number of nitrogens with one attached hydrogen (secondary N) is 2. The Morgan fingerprint density at radius 3 is 2.13 bits per heavy atom. The van der Waals surface area contributed by atoms with E-state index in [1.54, 1.807) is 23.0 Å². The summed E-state index contributed by atoms with van der Waals surface area (Å²) in [5, 5.41) is 22.4. The quantitative estimate of drug-likeness (QED) is 0.0564. The molecule has 2 aliphatic rings. The van der Waals surface area contributed by atoms with E-state index in [-0.39, 0.29) is 17.1 Å². The fraction of sp³-hybridized carbons (Fsp3) is 0.135. The molecule has 0 aliphatic carbocycles. The largest absolute Gasteiger partial charge is 0.477 e. The van der Waals surface area contributed by atoms with E-state index < -0.39 is 34.7 Å². The number of nitrogens with zero attached hydrogens (tertiary/aromatic N) is 4. The van der Waals surface area contributed by atoms with Gasteiger partial charge in [0.05, 0.1) is 10.4 Å². The van der Waals surface area contributed by atoms with Crippen LogP contribution in [0.2, 0.25) is 5.15 Å². The highest BCUT2D eigenvalue weighted by Crippen LogP contribution is 2.42. The van der Waals surface area contributed by atoms with Crippen LogP contribution in [-0.2, 0) is 24.8 Å². The molecule has 1 fully saturated rings. The summed E-state index contributed by atoms with van der Waals surface area (Å²) in [6.07, 6.45) is 3.31. The van der Waals surface area contributed by atoms with Gasteiger partial charge in [0.15, 0.2) is 10.8 Å². The number of hydrogen-bond acceptors (Lipinski definition) is 11. The van der Waals surface area contributed by atoms with Crippen LogP contribution >= 0.6 is 46.0 Å². The zero-order valence-electron chi connectivity index (χ0n) is 27.3. The normalized spacial score (nSPS) is 17.5. The van der Waals surface area contributed by atoms with Crippen molar-refractivity contribution in [3.05, 3.63) is 152 Å². The highest BCUT2D eigenvalue weighted by molar-refractivity contribution is 8.00. The molecule has 2 aliphatic heterocycles. The number of allylic oxidation sites excluding steroid dienone is 1. The number of benzene rings is 3. The minimum atomic E-state index is -1.25. The van der Waals surface area contributed by atoms with Crippen molar-refractivity contribution >= 4 is 80.7 Å². The number of aliphatic carboxylic acids is 1. The Balaban J connectivity index is 1.14. The number of anilines is 1. The fourth-order valence-corrected chi connectivity index (χ4v) is 9.12. The number of aromatic nitrogens is 2. The van der Waals surface area contributed by atoms with Crippen molar-refractivity contribution in [2.24, 2.45) is 5.16 Å². The third-order valence-electron chi connectivity index (χ3n) is 8.53. The Labute approximate surface area is 315 Å². The van der Waals surface area contributed by atoms with Crippen LogP contribution in [0.15, 0.2) is 124 Å². The average molecular weight is 769 g/mol. The van der Waals surface area contributed by atoms with Gasteiger partial charge in [-0.25, -0.2) is 14.8 Å². The third-order valence-corrected chi connectivity index (χ3v) is 11.8. The van der Waals surface area contributed by atoms with Crippen LogP contribution in [0.4, 0.5) is 5.13 Å². The van der Waals surface area contributed by atoms with Crippen molar-refractivity contribution in [3.63, 3.8) is 0 Å². The van der Waals surface area contributed by atoms with E-state index in [9.17, 15) is 19.5 Å². The highest BCUT2D eigenvalue weighted by Gasteiger charge is 2.54. The highest BCUT2D eigenvalue weighted by atomic mass is 35.5. The van der Waals surface area contributed by atoms with Crippen LogP contribution in [0.3, 0.4) is 0 Å². The maximum atomic E-state index is 13.7. The molecule has 1 saturated heterocycles. The maximum Gasteiger partial charge on any atom is 0.352 e. The number of rotatable bonds is 12. The van der Waals surface area contributed by atoms with Crippen molar-refractivity contribution < 1.29 is 24.3 Å². The van der Waals surface area contributed by atoms with Crippen LogP contribution in [0.1, 0.15) is 27.3 Å². The number of oxime groups is 1. The van der Waals surface area contributed by atoms with Crippen molar-refractivity contribution in [2.45, 2.75) is 17.0 Å². The molecule has 0 spiro atoms. The van der Waals surface area contributed by atoms with Crippen LogP contribution in [0, 0.1) is 0 Å². The zero-order chi connectivity index (χ0) is 36.2. The minimum absolute atomic E-state index is 0.136. The first kappa shape index (κ1) is 35.1. The molecule has 7 rings (SSSR count). The second-order valence-electron chi connectivity index (χ2n) is 11.5. The van der Waals surface area contributed by atoms with E-state index in [0.29, 0.717) is 26.5 Å². The number of amides is 2. The van der Waals surface area contributed by atoms with Gasteiger partial charge in [0.25, 0.3) is 11.8 Å². The molecule has 0 bridgehead atoms. The maximum absolute atomic E-state index is 13.7. The Hall–Kier alpha value is -5.28. The molecule has 52 heavy (non-hydrogen) atoms. The summed E-state index contributed by atoms with van der Waals surface area (Å²) in [4.78, 5) is 55.2. The van der Waals surface area contributed by atoms with Gasteiger partial charge in [0.2, 0.25) is 0 Å². The molecule has 2 atom stereocenters. The summed E-state index contributed by atoms with van der Waals surface area (Å²) in [6, 6.07) is 29.1. The topological polar surface area (TPSA) is 146 Å². The van der Waals surface area contributed by atoms with Gasteiger partial charge >= 0.3 is 5.97 Å². The van der Waals surface area contributed by atoms with E-state index in [1.807, 2.05) is 54.6 Å². The lowest BCUT2D eigenvalue weighted by Crippen LogP contribution is -2.71. The summed E-state index contributed by atoms with van der Waals surface area (Å²) < 4.78 is 0. The van der Waals surface area contributed by atoms with E-state index in [2.05, 4.69) is 57.2 Å². The van der Waals surface area contributed by atoms with Gasteiger partial charge in [-0.3, -0.25) is 14.5 Å². The number of carbonyl (C=O) groups is 3. The summed E-state index contributed by atoms with van der Waals surface area (Å²) >= 11 is 10.0. The van der Waals surface area contributed by atoms with E-state index >= 15 is 0 Å². The summed E-state index contributed by atoms with van der Waals surface area (Å²) in [6.45, 7) is 0. The third kappa shape index (κ3) is 6.61. The number of carbonyl (C=O) groups excluding carboxylic acids is 2. The first-order valence-electron chi connectivity index (χ1n) is 15.8. The first-order valence-corrected chi connectivity index (χ1v) is 19.0. The standard InChI is InChI=1S/C37H29ClN6O5S3/c1-49-43-28(32(45)41-29-33(46)44-30(35(47)48)22(19-50-34(29)44)17-18-27-31(38)39-21-52-27)26-20-51-36(40-26)42-37(23-11-5-2-6-12-23,24-13-7-3-8-14-24)25-15-9-4-10-16-25/h2-18,20-21,29,34H,19H2,1H3,(H,40,42)(H,41,45)(H,47,48)/b18-17+,43-28+/t29?,34-/m1/s1. The lowest BCUT2D eigenvalue weighted by Gasteiger charge is -2.49. The van der Waals surface area contributed by atoms with Gasteiger partial charge in [0, 0.05) is 11.1 Å². The molecule has 4 heterocycles. The molecule has 0 radical (unpaired) electrons. The number of thiazole rings is 2. The summed E-state index contributed by atoms with van der Waals surface area (Å²) in [7, 11) is 1.32. The van der Waals surface area contributed by atoms with Crippen molar-refractivity contribution in [1.29, 1.82) is 0 Å². The van der Waals surface area contributed by atoms with E-state index in [1.165, 1.54) is 46.4 Å². The van der Waals surface area contributed by atoms with Gasteiger partial charge in [-0.05, 0) is 28.3 Å². The van der Waals surface area contributed by atoms with Crippen molar-refractivity contribution in [1.82, 2.24) is 20.2 Å². The molecule has 262 valence electrons. The fourth-order valence-electron chi connectivity index (χ4n) is 6.18. The Morgan fingerprint density at radius 2 is 1.60 bits per heavy atom. The van der Waals surface area contributed by atoms with Crippen LogP contribution in [0.25, 0.3) is 6.08 Å². The van der Waals surface area contributed by atoms with Gasteiger partial charge in [-0.1, -0.05) is 114 Å². The monoisotopic (exact) mass is 768 g/mol. The molecule has 0 saturated carbocycles. The van der Waals surface area contributed by atoms with E-state index in [0.717, 1.165) is 16.7 Å². The van der Waals surface area contributed by atoms with Gasteiger partial charge in [0.1, 0.15) is 40.6 Å². The molecular formula is C37H29ClN6O5S3. The molecule has 1 unspecified atom stereocenters. The number of carboxylic acid groups (broad SMARTS) is 1. The molecule has 2 aromatic heterocycles. The van der Waals surface area contributed by atoms with Crippen LogP contribution in [0.5, 0.6) is 0 Å². The number of halogens is 1.